The lowest BCUT2D eigenvalue weighted by molar-refractivity contribution is -0.0990. The summed E-state index contributed by atoms with van der Waals surface area (Å²) in [6, 6.07) is 17.2. The van der Waals surface area contributed by atoms with Crippen molar-refractivity contribution in [1.29, 1.82) is 0 Å². The van der Waals surface area contributed by atoms with Crippen LogP contribution in [0.5, 0.6) is 5.75 Å². The molecule has 1 N–H and O–H groups in total. The van der Waals surface area contributed by atoms with E-state index in [2.05, 4.69) is 61.2 Å². The van der Waals surface area contributed by atoms with Gasteiger partial charge in [0.25, 0.3) is 0 Å². The highest BCUT2D eigenvalue weighted by Gasteiger charge is 2.61. The van der Waals surface area contributed by atoms with Crippen molar-refractivity contribution in [2.24, 2.45) is 23.2 Å². The summed E-state index contributed by atoms with van der Waals surface area (Å²) < 4.78 is 6.14. The molecule has 0 heterocycles. The highest BCUT2D eigenvalue weighted by molar-refractivity contribution is 5.41. The van der Waals surface area contributed by atoms with Crippen LogP contribution in [0.3, 0.4) is 0 Å². The second-order valence-corrected chi connectivity index (χ2v) is 12.4. The summed E-state index contributed by atoms with van der Waals surface area (Å²) in [5, 5.41) is 11.9. The van der Waals surface area contributed by atoms with E-state index in [1.165, 1.54) is 56.1 Å². The number of aliphatic hydroxyl groups is 1. The van der Waals surface area contributed by atoms with Crippen LogP contribution in [0.4, 0.5) is 0 Å². The van der Waals surface area contributed by atoms with Gasteiger partial charge < -0.3 is 9.84 Å². The van der Waals surface area contributed by atoms with Gasteiger partial charge in [0, 0.05) is 17.8 Å². The van der Waals surface area contributed by atoms with Gasteiger partial charge in [-0.2, -0.15) is 0 Å². The summed E-state index contributed by atoms with van der Waals surface area (Å²) in [6.45, 7) is 3.02. The molecular weight excluding hydrogens is 440 g/mol. The van der Waals surface area contributed by atoms with E-state index in [-0.39, 0.29) is 5.41 Å². The first-order chi connectivity index (χ1) is 17.6. The zero-order valence-corrected chi connectivity index (χ0v) is 22.0. The van der Waals surface area contributed by atoms with Crippen molar-refractivity contribution in [1.82, 2.24) is 0 Å². The second kappa shape index (κ2) is 9.90. The summed E-state index contributed by atoms with van der Waals surface area (Å²) in [7, 11) is 0. The zero-order valence-electron chi connectivity index (χ0n) is 22.0. The summed E-state index contributed by atoms with van der Waals surface area (Å²) in [6.07, 6.45) is 14.0. The van der Waals surface area contributed by atoms with Crippen molar-refractivity contribution in [2.75, 3.05) is 0 Å². The predicted molar refractivity (Wildman–Crippen MR) is 146 cm³/mol. The van der Waals surface area contributed by atoms with Gasteiger partial charge in [0.15, 0.2) is 0 Å². The molecule has 36 heavy (non-hydrogen) atoms. The molecular formula is C34H42O2. The van der Waals surface area contributed by atoms with E-state index in [0.29, 0.717) is 36.7 Å². The monoisotopic (exact) mass is 482 g/mol. The molecule has 0 radical (unpaired) electrons. The van der Waals surface area contributed by atoms with Crippen LogP contribution >= 0.6 is 0 Å². The molecule has 4 aliphatic carbocycles. The van der Waals surface area contributed by atoms with Gasteiger partial charge in [0.2, 0.25) is 0 Å². The largest absolute Gasteiger partial charge is 0.489 e. The van der Waals surface area contributed by atoms with Gasteiger partial charge in [-0.05, 0) is 97.9 Å². The van der Waals surface area contributed by atoms with Gasteiger partial charge in [-0.25, -0.2) is 0 Å². The van der Waals surface area contributed by atoms with Crippen LogP contribution in [0.25, 0.3) is 0 Å². The average Bonchev–Trinajstić information content (AvgIpc) is 3.19. The number of hydrogen-bond acceptors (Lipinski definition) is 2. The fourth-order valence-corrected chi connectivity index (χ4v) is 8.38. The van der Waals surface area contributed by atoms with Crippen LogP contribution in [-0.2, 0) is 13.0 Å². The molecule has 0 spiro atoms. The summed E-state index contributed by atoms with van der Waals surface area (Å²) >= 11 is 0. The molecule has 3 fully saturated rings. The standard InChI is InChI=1S/C34H42O2/c1-33-21-18-30-29-17-15-28(36-24-26-11-6-3-7-12-26)23-27(29)14-16-31(30)32(33)19-22-34(33,35)20-8-13-25-9-4-2-5-10-25/h3,6-7,11-12,15,17,23,25,30-32,35H,2,4-5,9-10,14,16,18-22,24H2,1H3/t30-,31-,32+,33+,34+/m1/s1. The van der Waals surface area contributed by atoms with Gasteiger partial charge in [0.1, 0.15) is 12.4 Å². The molecule has 0 unspecified atom stereocenters. The van der Waals surface area contributed by atoms with Gasteiger partial charge >= 0.3 is 0 Å². The summed E-state index contributed by atoms with van der Waals surface area (Å²) in [5.74, 6) is 10.5. The lowest BCUT2D eigenvalue weighted by Gasteiger charge is -2.53. The molecule has 0 aromatic heterocycles. The number of benzene rings is 2. The summed E-state index contributed by atoms with van der Waals surface area (Å²) in [4.78, 5) is 0. The highest BCUT2D eigenvalue weighted by atomic mass is 16.5. The van der Waals surface area contributed by atoms with E-state index in [4.69, 9.17) is 4.74 Å². The van der Waals surface area contributed by atoms with E-state index >= 15 is 0 Å². The molecule has 0 saturated heterocycles. The Morgan fingerprint density at radius 2 is 1.78 bits per heavy atom. The Morgan fingerprint density at radius 1 is 0.944 bits per heavy atom. The van der Waals surface area contributed by atoms with Gasteiger partial charge in [-0.1, -0.05) is 74.4 Å². The molecule has 2 aromatic rings. The molecule has 190 valence electrons. The number of rotatable bonds is 4. The zero-order chi connectivity index (χ0) is 24.6. The molecule has 3 saturated carbocycles. The Labute approximate surface area is 217 Å². The average molecular weight is 483 g/mol. The van der Waals surface area contributed by atoms with Crippen LogP contribution in [-0.4, -0.2) is 10.7 Å². The maximum atomic E-state index is 11.9. The minimum atomic E-state index is -0.611. The molecule has 2 heteroatoms. The quantitative estimate of drug-likeness (QED) is 0.450. The van der Waals surface area contributed by atoms with Crippen molar-refractivity contribution in [3.63, 3.8) is 0 Å². The molecule has 0 amide bonds. The Morgan fingerprint density at radius 3 is 2.61 bits per heavy atom. The van der Waals surface area contributed by atoms with E-state index in [0.717, 1.165) is 31.4 Å². The van der Waals surface area contributed by atoms with E-state index in [1.807, 2.05) is 6.07 Å². The fourth-order valence-electron chi connectivity index (χ4n) is 8.38. The number of hydrogen-bond donors (Lipinski definition) is 1. The maximum Gasteiger partial charge on any atom is 0.120 e. The minimum Gasteiger partial charge on any atom is -0.489 e. The lowest BCUT2D eigenvalue weighted by Crippen LogP contribution is -2.50. The third-order valence-corrected chi connectivity index (χ3v) is 10.6. The Balaban J connectivity index is 1.14. The maximum absolute atomic E-state index is 11.9. The van der Waals surface area contributed by atoms with Gasteiger partial charge in [-0.3, -0.25) is 0 Å². The van der Waals surface area contributed by atoms with E-state index < -0.39 is 5.60 Å². The third-order valence-electron chi connectivity index (χ3n) is 10.6. The van der Waals surface area contributed by atoms with Crippen molar-refractivity contribution < 1.29 is 9.84 Å². The first-order valence-corrected chi connectivity index (χ1v) is 14.6. The predicted octanol–water partition coefficient (Wildman–Crippen LogP) is 7.83. The fraction of sp³-hybridized carbons (Fsp3) is 0.588. The Hall–Kier alpha value is -2.24. The van der Waals surface area contributed by atoms with Crippen LogP contribution in [0.15, 0.2) is 48.5 Å². The minimum absolute atomic E-state index is 0.00561. The molecule has 2 nitrogen and oxygen atoms in total. The van der Waals surface area contributed by atoms with Crippen LogP contribution < -0.4 is 4.74 Å². The van der Waals surface area contributed by atoms with Crippen molar-refractivity contribution in [3.05, 3.63) is 65.2 Å². The first kappa shape index (κ1) is 24.1. The van der Waals surface area contributed by atoms with Crippen LogP contribution in [0.1, 0.15) is 100 Å². The van der Waals surface area contributed by atoms with Crippen LogP contribution in [0, 0.1) is 35.0 Å². The normalized spacial score (nSPS) is 33.6. The summed E-state index contributed by atoms with van der Waals surface area (Å²) in [5.41, 5.74) is 3.63. The molecule has 0 bridgehead atoms. The van der Waals surface area contributed by atoms with Gasteiger partial charge in [-0.15, -0.1) is 0 Å². The van der Waals surface area contributed by atoms with Crippen molar-refractivity contribution >= 4 is 0 Å². The SMILES string of the molecule is C[C@]12CC[C@@H]3c4ccc(OCc5ccccc5)cc4CC[C@H]3[C@@H]1CC[C@@]2(O)CC#CC1CCCCC1. The highest BCUT2D eigenvalue weighted by Crippen LogP contribution is 2.65. The molecule has 4 aliphatic rings. The second-order valence-electron chi connectivity index (χ2n) is 12.4. The third kappa shape index (κ3) is 4.39. The van der Waals surface area contributed by atoms with E-state index in [9.17, 15) is 5.11 Å². The molecule has 0 aliphatic heterocycles. The first-order valence-electron chi connectivity index (χ1n) is 14.6. The van der Waals surface area contributed by atoms with Crippen LogP contribution in [0.2, 0.25) is 0 Å². The molecule has 6 rings (SSSR count). The topological polar surface area (TPSA) is 29.5 Å². The number of ether oxygens (including phenoxy) is 1. The van der Waals surface area contributed by atoms with Gasteiger partial charge in [0.05, 0.1) is 5.60 Å². The lowest BCUT2D eigenvalue weighted by atomic mass is 9.53. The van der Waals surface area contributed by atoms with Crippen molar-refractivity contribution in [2.45, 2.75) is 102 Å². The smallest absolute Gasteiger partial charge is 0.120 e. The molecule has 5 atom stereocenters. The Bertz CT molecular complexity index is 1120. The number of aryl methyl sites for hydroxylation is 1. The number of fused-ring (bicyclic) bond motifs is 5. The van der Waals surface area contributed by atoms with E-state index in [1.54, 1.807) is 5.56 Å². The van der Waals surface area contributed by atoms with Crippen molar-refractivity contribution in [3.8, 4) is 17.6 Å². The Kier molecular flexibility index (Phi) is 6.64. The molecule has 2 aromatic carbocycles.